The lowest BCUT2D eigenvalue weighted by Gasteiger charge is -2.23. The van der Waals surface area contributed by atoms with E-state index in [0.717, 1.165) is 0 Å². The number of aliphatic hydroxyl groups is 1. The molecule has 0 aliphatic carbocycles. The predicted molar refractivity (Wildman–Crippen MR) is 67.5 cm³/mol. The highest BCUT2D eigenvalue weighted by atomic mass is 19.1. The molecule has 104 valence electrons. The van der Waals surface area contributed by atoms with Crippen LogP contribution in [0.25, 0.3) is 0 Å². The van der Waals surface area contributed by atoms with Gasteiger partial charge in [0.25, 0.3) is 0 Å². The van der Waals surface area contributed by atoms with E-state index in [2.05, 4.69) is 5.32 Å². The van der Waals surface area contributed by atoms with Gasteiger partial charge in [-0.3, -0.25) is 0 Å². The summed E-state index contributed by atoms with van der Waals surface area (Å²) in [5.74, 6) is -0.437. The van der Waals surface area contributed by atoms with Crippen LogP contribution in [0, 0.1) is 5.82 Å². The topological polar surface area (TPSA) is 61.8 Å². The van der Waals surface area contributed by atoms with Crippen molar-refractivity contribution in [3.63, 3.8) is 0 Å². The first-order chi connectivity index (χ1) is 9.00. The summed E-state index contributed by atoms with van der Waals surface area (Å²) in [6, 6.07) is 3.59. The predicted octanol–water partition coefficient (Wildman–Crippen LogP) is 1.28. The van der Waals surface area contributed by atoms with Crippen molar-refractivity contribution in [2.24, 2.45) is 0 Å². The normalized spacial score (nSPS) is 21.9. The number of carbonyl (C=O) groups is 1. The number of halogens is 1. The highest BCUT2D eigenvalue weighted by Gasteiger charge is 2.30. The molecule has 1 aliphatic heterocycles. The molecule has 2 N–H and O–H groups in total. The zero-order valence-electron chi connectivity index (χ0n) is 10.9. The van der Waals surface area contributed by atoms with Crippen LogP contribution in [0.1, 0.15) is 18.1 Å². The Kier molecular flexibility index (Phi) is 3.90. The second kappa shape index (κ2) is 5.44. The monoisotopic (exact) mass is 268 g/mol. The number of nitrogens with zero attached hydrogens (tertiary/aromatic N) is 1. The summed E-state index contributed by atoms with van der Waals surface area (Å²) in [7, 11) is 3.23. The maximum absolute atomic E-state index is 13.6. The zero-order chi connectivity index (χ0) is 14.0. The molecule has 1 aliphatic rings. The maximum Gasteiger partial charge on any atom is 0.317 e. The number of fused-ring (bicyclic) bond motifs is 1. The summed E-state index contributed by atoms with van der Waals surface area (Å²) in [6.07, 6.45) is -0.577. The molecule has 1 aromatic rings. The molecular weight excluding hydrogens is 251 g/mol. The number of hydrogen-bond donors (Lipinski definition) is 2. The van der Waals surface area contributed by atoms with E-state index in [0.29, 0.717) is 12.0 Å². The molecule has 2 atom stereocenters. The maximum atomic E-state index is 13.6. The Labute approximate surface area is 111 Å². The first-order valence-corrected chi connectivity index (χ1v) is 6.08. The fourth-order valence-corrected chi connectivity index (χ4v) is 2.01. The quantitative estimate of drug-likeness (QED) is 0.806. The van der Waals surface area contributed by atoms with Crippen molar-refractivity contribution in [1.29, 1.82) is 0 Å². The molecule has 19 heavy (non-hydrogen) atoms. The SMILES string of the molecule is CN(C)C(=O)NC1CCOc2c(F)cccc2C1O. The molecule has 0 aromatic heterocycles. The average Bonchev–Trinajstić information content (AvgIpc) is 2.52. The summed E-state index contributed by atoms with van der Waals surface area (Å²) in [6.45, 7) is 0.239. The summed E-state index contributed by atoms with van der Waals surface area (Å²) in [5, 5.41) is 13.0. The lowest BCUT2D eigenvalue weighted by Crippen LogP contribution is -2.44. The molecule has 5 nitrogen and oxygen atoms in total. The highest BCUT2D eigenvalue weighted by Crippen LogP contribution is 2.33. The fourth-order valence-electron chi connectivity index (χ4n) is 2.01. The largest absolute Gasteiger partial charge is 0.490 e. The van der Waals surface area contributed by atoms with Gasteiger partial charge in [0.2, 0.25) is 0 Å². The minimum Gasteiger partial charge on any atom is -0.490 e. The molecule has 2 rings (SSSR count). The smallest absolute Gasteiger partial charge is 0.317 e. The van der Waals surface area contributed by atoms with Crippen LogP contribution in [0.4, 0.5) is 9.18 Å². The van der Waals surface area contributed by atoms with E-state index in [1.165, 1.54) is 17.0 Å². The van der Waals surface area contributed by atoms with Crippen LogP contribution in [-0.4, -0.2) is 42.8 Å². The molecule has 1 aromatic carbocycles. The number of nitrogens with one attached hydrogen (secondary N) is 1. The Morgan fingerprint density at radius 1 is 1.53 bits per heavy atom. The third kappa shape index (κ3) is 2.78. The molecule has 0 fully saturated rings. The van der Waals surface area contributed by atoms with E-state index in [1.807, 2.05) is 0 Å². The second-order valence-corrected chi connectivity index (χ2v) is 4.69. The summed E-state index contributed by atoms with van der Waals surface area (Å²) < 4.78 is 18.9. The number of urea groups is 1. The molecule has 0 saturated carbocycles. The summed E-state index contributed by atoms with van der Waals surface area (Å²) >= 11 is 0. The van der Waals surface area contributed by atoms with Crippen molar-refractivity contribution in [1.82, 2.24) is 10.2 Å². The van der Waals surface area contributed by atoms with Crippen LogP contribution < -0.4 is 10.1 Å². The van der Waals surface area contributed by atoms with Gasteiger partial charge in [-0.15, -0.1) is 0 Å². The minimum atomic E-state index is -0.989. The summed E-state index contributed by atoms with van der Waals surface area (Å²) in [4.78, 5) is 13.0. The van der Waals surface area contributed by atoms with E-state index in [1.54, 1.807) is 20.2 Å². The number of hydrogen-bond acceptors (Lipinski definition) is 3. The standard InChI is InChI=1S/C13H17FN2O3/c1-16(2)13(18)15-10-6-7-19-12-8(11(10)17)4-3-5-9(12)14/h3-5,10-11,17H,6-7H2,1-2H3,(H,15,18). The van der Waals surface area contributed by atoms with Crippen LogP contribution in [0.15, 0.2) is 18.2 Å². The molecule has 0 bridgehead atoms. The number of rotatable bonds is 1. The van der Waals surface area contributed by atoms with Crippen molar-refractivity contribution < 1.29 is 19.0 Å². The van der Waals surface area contributed by atoms with Gasteiger partial charge in [-0.05, 0) is 6.07 Å². The molecule has 2 amide bonds. The van der Waals surface area contributed by atoms with Gasteiger partial charge < -0.3 is 20.1 Å². The Morgan fingerprint density at radius 3 is 2.95 bits per heavy atom. The van der Waals surface area contributed by atoms with Crippen molar-refractivity contribution >= 4 is 6.03 Å². The lowest BCUT2D eigenvalue weighted by atomic mass is 10.00. The molecule has 0 saturated heterocycles. The molecular formula is C13H17FN2O3. The molecule has 0 spiro atoms. The van der Waals surface area contributed by atoms with Gasteiger partial charge in [0.15, 0.2) is 11.6 Å². The highest BCUT2D eigenvalue weighted by molar-refractivity contribution is 5.74. The first kappa shape index (κ1) is 13.6. The fraction of sp³-hybridized carbons (Fsp3) is 0.462. The minimum absolute atomic E-state index is 0.0663. The van der Waals surface area contributed by atoms with Crippen LogP contribution in [0.5, 0.6) is 5.75 Å². The molecule has 0 radical (unpaired) electrons. The third-order valence-corrected chi connectivity index (χ3v) is 3.09. The lowest BCUT2D eigenvalue weighted by molar-refractivity contribution is 0.124. The van der Waals surface area contributed by atoms with Crippen LogP contribution in [0.2, 0.25) is 0 Å². The van der Waals surface area contributed by atoms with Crippen molar-refractivity contribution in [2.75, 3.05) is 20.7 Å². The summed E-state index contributed by atoms with van der Waals surface area (Å²) in [5.41, 5.74) is 0.363. The van der Waals surface area contributed by atoms with Crippen LogP contribution in [-0.2, 0) is 0 Å². The number of carbonyl (C=O) groups excluding carboxylic acids is 1. The van der Waals surface area contributed by atoms with Crippen molar-refractivity contribution in [3.8, 4) is 5.75 Å². The van der Waals surface area contributed by atoms with E-state index < -0.39 is 18.0 Å². The Bertz CT molecular complexity index is 479. The molecule has 1 heterocycles. The van der Waals surface area contributed by atoms with Gasteiger partial charge in [-0.2, -0.15) is 0 Å². The number of ether oxygens (including phenoxy) is 1. The van der Waals surface area contributed by atoms with Gasteiger partial charge >= 0.3 is 6.03 Å². The number of aliphatic hydroxyl groups excluding tert-OH is 1. The van der Waals surface area contributed by atoms with Gasteiger partial charge in [0.1, 0.15) is 6.10 Å². The van der Waals surface area contributed by atoms with Gasteiger partial charge in [-0.1, -0.05) is 12.1 Å². The number of amides is 2. The first-order valence-electron chi connectivity index (χ1n) is 6.08. The van der Waals surface area contributed by atoms with E-state index in [4.69, 9.17) is 4.74 Å². The number of benzene rings is 1. The van der Waals surface area contributed by atoms with E-state index in [-0.39, 0.29) is 18.4 Å². The Morgan fingerprint density at radius 2 is 2.26 bits per heavy atom. The van der Waals surface area contributed by atoms with E-state index in [9.17, 15) is 14.3 Å². The number of para-hydroxylation sites is 1. The zero-order valence-corrected chi connectivity index (χ0v) is 10.9. The van der Waals surface area contributed by atoms with Gasteiger partial charge in [0.05, 0.1) is 12.6 Å². The Hall–Kier alpha value is -1.82. The van der Waals surface area contributed by atoms with Crippen molar-refractivity contribution in [3.05, 3.63) is 29.6 Å². The van der Waals surface area contributed by atoms with E-state index >= 15 is 0 Å². The van der Waals surface area contributed by atoms with Crippen LogP contribution >= 0.6 is 0 Å². The third-order valence-electron chi connectivity index (χ3n) is 3.09. The van der Waals surface area contributed by atoms with Crippen molar-refractivity contribution in [2.45, 2.75) is 18.6 Å². The Balaban J connectivity index is 2.24. The van der Waals surface area contributed by atoms with Gasteiger partial charge in [0, 0.05) is 26.1 Å². The average molecular weight is 268 g/mol. The van der Waals surface area contributed by atoms with Crippen LogP contribution in [0.3, 0.4) is 0 Å². The van der Waals surface area contributed by atoms with Gasteiger partial charge in [-0.25, -0.2) is 9.18 Å². The second-order valence-electron chi connectivity index (χ2n) is 4.69. The molecule has 2 unspecified atom stereocenters. The molecule has 6 heteroatoms.